The number of rotatable bonds is 4. The molecular formula is C10H7F5O2. The number of alkyl halides is 4. The largest absolute Gasteiger partial charge is 0.494 e. The molecule has 1 aromatic carbocycles. The maximum Gasteiger partial charge on any atom is 0.368 e. The topological polar surface area (TPSA) is 26.3 Å². The second-order valence-corrected chi connectivity index (χ2v) is 3.10. The number of carbonyl (C=O) groups is 1. The molecule has 94 valence electrons. The van der Waals surface area contributed by atoms with Crippen LogP contribution < -0.4 is 4.74 Å². The van der Waals surface area contributed by atoms with Gasteiger partial charge in [-0.1, -0.05) is 0 Å². The van der Waals surface area contributed by atoms with E-state index in [0.29, 0.717) is 6.07 Å². The van der Waals surface area contributed by atoms with Crippen molar-refractivity contribution in [3.8, 4) is 5.75 Å². The van der Waals surface area contributed by atoms with Gasteiger partial charge in [-0.3, -0.25) is 4.79 Å². The molecule has 17 heavy (non-hydrogen) atoms. The SMILES string of the molecule is COc1ccc(C(=O)C(F)(F)C(F)F)cc1F. The van der Waals surface area contributed by atoms with Gasteiger partial charge in [-0.2, -0.15) is 8.78 Å². The Kier molecular flexibility index (Phi) is 3.69. The van der Waals surface area contributed by atoms with Crippen molar-refractivity contribution in [2.45, 2.75) is 12.3 Å². The zero-order valence-corrected chi connectivity index (χ0v) is 8.52. The number of carbonyl (C=O) groups excluding carboxylic acids is 1. The Balaban J connectivity index is 3.10. The lowest BCUT2D eigenvalue weighted by Gasteiger charge is -2.14. The van der Waals surface area contributed by atoms with E-state index in [1.807, 2.05) is 0 Å². The van der Waals surface area contributed by atoms with Crippen LogP contribution in [0.1, 0.15) is 10.4 Å². The molecule has 0 aromatic heterocycles. The third-order valence-corrected chi connectivity index (χ3v) is 1.99. The Morgan fingerprint density at radius 3 is 2.35 bits per heavy atom. The van der Waals surface area contributed by atoms with Crippen molar-refractivity contribution < 1.29 is 31.5 Å². The molecule has 7 heteroatoms. The lowest BCUT2D eigenvalue weighted by Crippen LogP contribution is -2.36. The van der Waals surface area contributed by atoms with Crippen LogP contribution in [0.3, 0.4) is 0 Å². The molecule has 0 heterocycles. The molecule has 0 saturated carbocycles. The molecule has 0 spiro atoms. The molecule has 0 aliphatic rings. The smallest absolute Gasteiger partial charge is 0.368 e. The van der Waals surface area contributed by atoms with Gasteiger partial charge >= 0.3 is 12.3 Å². The fourth-order valence-electron chi connectivity index (χ4n) is 1.10. The van der Waals surface area contributed by atoms with Gasteiger partial charge in [-0.15, -0.1) is 0 Å². The van der Waals surface area contributed by atoms with Gasteiger partial charge < -0.3 is 4.74 Å². The first-order valence-corrected chi connectivity index (χ1v) is 4.35. The average molecular weight is 254 g/mol. The lowest BCUT2D eigenvalue weighted by molar-refractivity contribution is -0.0958. The number of halogens is 5. The van der Waals surface area contributed by atoms with Gasteiger partial charge in [0.25, 0.3) is 0 Å². The van der Waals surface area contributed by atoms with Crippen LogP contribution in [0.5, 0.6) is 5.75 Å². The molecule has 0 bridgehead atoms. The molecule has 0 saturated heterocycles. The van der Waals surface area contributed by atoms with Gasteiger partial charge in [-0.05, 0) is 18.2 Å². The van der Waals surface area contributed by atoms with Gasteiger partial charge in [0.1, 0.15) is 0 Å². The average Bonchev–Trinajstić information content (AvgIpc) is 2.27. The minimum absolute atomic E-state index is 0.276. The third kappa shape index (κ3) is 2.54. The van der Waals surface area contributed by atoms with Crippen LogP contribution >= 0.6 is 0 Å². The van der Waals surface area contributed by atoms with Crippen molar-refractivity contribution in [3.05, 3.63) is 29.6 Å². The number of methoxy groups -OCH3 is 1. The number of hydrogen-bond donors (Lipinski definition) is 0. The van der Waals surface area contributed by atoms with E-state index >= 15 is 0 Å². The molecule has 0 fully saturated rings. The summed E-state index contributed by atoms with van der Waals surface area (Å²) in [7, 11) is 1.13. The van der Waals surface area contributed by atoms with Crippen molar-refractivity contribution in [1.82, 2.24) is 0 Å². The van der Waals surface area contributed by atoms with Gasteiger partial charge in [0.2, 0.25) is 5.78 Å². The summed E-state index contributed by atoms with van der Waals surface area (Å²) in [6.45, 7) is 0. The number of hydrogen-bond acceptors (Lipinski definition) is 2. The maximum atomic E-state index is 13.1. The van der Waals surface area contributed by atoms with Crippen LogP contribution in [0.2, 0.25) is 0 Å². The monoisotopic (exact) mass is 254 g/mol. The summed E-state index contributed by atoms with van der Waals surface area (Å²) in [6.07, 6.45) is -4.14. The van der Waals surface area contributed by atoms with Crippen LogP contribution in [0.15, 0.2) is 18.2 Å². The first kappa shape index (κ1) is 13.4. The van der Waals surface area contributed by atoms with Crippen molar-refractivity contribution in [1.29, 1.82) is 0 Å². The lowest BCUT2D eigenvalue weighted by atomic mass is 10.1. The summed E-state index contributed by atoms with van der Waals surface area (Å²) in [5.41, 5.74) is -0.839. The van der Waals surface area contributed by atoms with E-state index in [1.165, 1.54) is 0 Å². The van der Waals surface area contributed by atoms with Gasteiger partial charge in [-0.25, -0.2) is 13.2 Å². The summed E-state index contributed by atoms with van der Waals surface area (Å²) in [5, 5.41) is 0. The molecule has 1 rings (SSSR count). The quantitative estimate of drug-likeness (QED) is 0.610. The minimum Gasteiger partial charge on any atom is -0.494 e. The van der Waals surface area contributed by atoms with Gasteiger partial charge in [0.15, 0.2) is 11.6 Å². The van der Waals surface area contributed by atoms with Crippen molar-refractivity contribution in [2.24, 2.45) is 0 Å². The number of ketones is 1. The highest BCUT2D eigenvalue weighted by Crippen LogP contribution is 2.28. The Labute approximate surface area is 93.0 Å². The van der Waals surface area contributed by atoms with Gasteiger partial charge in [0, 0.05) is 5.56 Å². The fourth-order valence-corrected chi connectivity index (χ4v) is 1.10. The second-order valence-electron chi connectivity index (χ2n) is 3.10. The number of benzene rings is 1. The standard InChI is InChI=1S/C10H7F5O2/c1-17-7-3-2-5(4-6(7)11)8(16)10(14,15)9(12)13/h2-4,9H,1H3. The predicted molar refractivity (Wildman–Crippen MR) is 48.2 cm³/mol. The molecule has 0 aliphatic carbocycles. The number of ether oxygens (including phenoxy) is 1. The molecular weight excluding hydrogens is 247 g/mol. The second kappa shape index (κ2) is 4.68. The molecule has 0 atom stereocenters. The molecule has 1 aromatic rings. The van der Waals surface area contributed by atoms with Crippen LogP contribution in [0, 0.1) is 5.82 Å². The van der Waals surface area contributed by atoms with Crippen molar-refractivity contribution in [3.63, 3.8) is 0 Å². The summed E-state index contributed by atoms with van der Waals surface area (Å²) in [5.74, 6) is -8.32. The molecule has 0 N–H and O–H groups in total. The van der Waals surface area contributed by atoms with Crippen LogP contribution in [0.4, 0.5) is 22.0 Å². The highest BCUT2D eigenvalue weighted by Gasteiger charge is 2.49. The highest BCUT2D eigenvalue weighted by atomic mass is 19.3. The number of Topliss-reactive ketones (excluding diaryl/α,β-unsaturated/α-hetero) is 1. The van der Waals surface area contributed by atoms with E-state index in [2.05, 4.69) is 4.74 Å². The Hall–Kier alpha value is -1.66. The van der Waals surface area contributed by atoms with E-state index in [-0.39, 0.29) is 5.75 Å². The Morgan fingerprint density at radius 2 is 1.94 bits per heavy atom. The third-order valence-electron chi connectivity index (χ3n) is 1.99. The van der Waals surface area contributed by atoms with E-state index < -0.39 is 29.5 Å². The molecule has 2 nitrogen and oxygen atoms in total. The summed E-state index contributed by atoms with van der Waals surface area (Å²) in [4.78, 5) is 11.0. The van der Waals surface area contributed by atoms with E-state index in [9.17, 15) is 26.7 Å². The van der Waals surface area contributed by atoms with E-state index in [4.69, 9.17) is 0 Å². The van der Waals surface area contributed by atoms with Crippen LogP contribution in [0.25, 0.3) is 0 Å². The summed E-state index contributed by atoms with van der Waals surface area (Å²) in [6, 6.07) is 2.13. The zero-order chi connectivity index (χ0) is 13.2. The van der Waals surface area contributed by atoms with Crippen molar-refractivity contribution >= 4 is 5.78 Å². The van der Waals surface area contributed by atoms with Crippen LogP contribution in [-0.4, -0.2) is 25.2 Å². The normalized spacial score (nSPS) is 11.7. The molecule has 0 radical (unpaired) electrons. The molecule has 0 aliphatic heterocycles. The van der Waals surface area contributed by atoms with E-state index in [1.54, 1.807) is 0 Å². The summed E-state index contributed by atoms with van der Waals surface area (Å²) >= 11 is 0. The molecule has 0 amide bonds. The highest BCUT2D eigenvalue weighted by molar-refractivity contribution is 6.01. The zero-order valence-electron chi connectivity index (χ0n) is 8.52. The van der Waals surface area contributed by atoms with Gasteiger partial charge in [0.05, 0.1) is 7.11 Å². The van der Waals surface area contributed by atoms with E-state index in [0.717, 1.165) is 19.2 Å². The van der Waals surface area contributed by atoms with Crippen LogP contribution in [-0.2, 0) is 0 Å². The Morgan fingerprint density at radius 1 is 1.35 bits per heavy atom. The van der Waals surface area contributed by atoms with Crippen molar-refractivity contribution in [2.75, 3.05) is 7.11 Å². The summed E-state index contributed by atoms with van der Waals surface area (Å²) < 4.78 is 66.8. The first-order valence-electron chi connectivity index (χ1n) is 4.35. The maximum absolute atomic E-state index is 13.1. The Bertz CT molecular complexity index is 431. The molecule has 0 unspecified atom stereocenters. The first-order chi connectivity index (χ1) is 7.80. The predicted octanol–water partition coefficient (Wildman–Crippen LogP) is 2.92. The fraction of sp³-hybridized carbons (Fsp3) is 0.300. The minimum atomic E-state index is -4.83.